The molecule has 0 unspecified atom stereocenters. The van der Waals surface area contributed by atoms with Crippen molar-refractivity contribution in [3.8, 4) is 0 Å². The molecule has 1 aliphatic rings. The highest BCUT2D eigenvalue weighted by atomic mass is 32.2. The van der Waals surface area contributed by atoms with Gasteiger partial charge in [0.25, 0.3) is 5.56 Å². The molecule has 0 radical (unpaired) electrons. The zero-order valence-corrected chi connectivity index (χ0v) is 15.1. The molecule has 1 aromatic carbocycles. The number of piperidine rings is 1. The van der Waals surface area contributed by atoms with E-state index in [-0.39, 0.29) is 11.6 Å². The van der Waals surface area contributed by atoms with Crippen molar-refractivity contribution in [3.05, 3.63) is 51.9 Å². The number of sulfonamides is 1. The number of aromatic nitrogens is 2. The van der Waals surface area contributed by atoms with Gasteiger partial charge in [-0.25, -0.2) is 13.4 Å². The first-order valence-corrected chi connectivity index (χ1v) is 9.71. The third kappa shape index (κ3) is 3.74. The van der Waals surface area contributed by atoms with Crippen molar-refractivity contribution in [2.24, 2.45) is 0 Å². The van der Waals surface area contributed by atoms with Crippen LogP contribution in [0, 0.1) is 13.8 Å². The molecular formula is C17H22N4O3S. The van der Waals surface area contributed by atoms with E-state index in [2.05, 4.69) is 15.3 Å². The number of hydrogen-bond donors (Lipinski definition) is 2. The van der Waals surface area contributed by atoms with Gasteiger partial charge in [-0.05, 0) is 38.8 Å². The summed E-state index contributed by atoms with van der Waals surface area (Å²) in [6.45, 7) is 4.40. The first-order chi connectivity index (χ1) is 11.9. The number of hydrogen-bond acceptors (Lipinski definition) is 5. The lowest BCUT2D eigenvalue weighted by atomic mass is 10.1. The standard InChI is InChI=1S/C17H22N4O3S/c1-12-13(2)18-17(20-16(12)22)19-14-8-10-21(11-9-14)25(23,24)15-6-4-3-5-7-15/h3-7,14H,8-11H2,1-2H3,(H2,18,19,20,22). The van der Waals surface area contributed by atoms with Crippen LogP contribution in [0.2, 0.25) is 0 Å². The van der Waals surface area contributed by atoms with Crippen LogP contribution in [0.25, 0.3) is 0 Å². The number of nitrogens with one attached hydrogen (secondary N) is 2. The Kier molecular flexibility index (Phi) is 4.91. The molecule has 0 bridgehead atoms. The fourth-order valence-electron chi connectivity index (χ4n) is 2.89. The van der Waals surface area contributed by atoms with Crippen LogP contribution < -0.4 is 10.9 Å². The summed E-state index contributed by atoms with van der Waals surface area (Å²) in [6, 6.07) is 8.55. The van der Waals surface area contributed by atoms with Crippen molar-refractivity contribution in [2.75, 3.05) is 18.4 Å². The summed E-state index contributed by atoms with van der Waals surface area (Å²) in [4.78, 5) is 19.2. The Balaban J connectivity index is 1.65. The summed E-state index contributed by atoms with van der Waals surface area (Å²) in [7, 11) is -3.45. The second-order valence-corrected chi connectivity index (χ2v) is 8.20. The van der Waals surface area contributed by atoms with E-state index >= 15 is 0 Å². The van der Waals surface area contributed by atoms with Gasteiger partial charge < -0.3 is 5.32 Å². The minimum absolute atomic E-state index is 0.0764. The molecule has 7 nitrogen and oxygen atoms in total. The Hall–Kier alpha value is -2.19. The van der Waals surface area contributed by atoms with Crippen LogP contribution in [0.15, 0.2) is 40.0 Å². The number of nitrogens with zero attached hydrogens (tertiary/aromatic N) is 2. The first kappa shape index (κ1) is 17.6. The predicted molar refractivity (Wildman–Crippen MR) is 96.2 cm³/mol. The molecule has 2 heterocycles. The van der Waals surface area contributed by atoms with Crippen LogP contribution in [-0.2, 0) is 10.0 Å². The fourth-order valence-corrected chi connectivity index (χ4v) is 4.38. The number of H-pyrrole nitrogens is 1. The van der Waals surface area contributed by atoms with Gasteiger partial charge in [0.15, 0.2) is 0 Å². The van der Waals surface area contributed by atoms with E-state index in [1.165, 1.54) is 4.31 Å². The van der Waals surface area contributed by atoms with Crippen LogP contribution in [0.3, 0.4) is 0 Å². The third-order valence-electron chi connectivity index (χ3n) is 4.57. The molecule has 8 heteroatoms. The number of rotatable bonds is 4. The predicted octanol–water partition coefficient (Wildman–Crippen LogP) is 1.65. The molecule has 1 fully saturated rings. The molecule has 2 N–H and O–H groups in total. The van der Waals surface area contributed by atoms with Gasteiger partial charge in [0.05, 0.1) is 4.90 Å². The zero-order chi connectivity index (χ0) is 18.0. The van der Waals surface area contributed by atoms with Gasteiger partial charge in [0, 0.05) is 30.4 Å². The molecule has 1 aliphatic heterocycles. The van der Waals surface area contributed by atoms with Crippen LogP contribution in [-0.4, -0.2) is 41.8 Å². The molecule has 0 saturated carbocycles. The minimum atomic E-state index is -3.45. The molecule has 0 spiro atoms. The second kappa shape index (κ2) is 6.97. The third-order valence-corrected chi connectivity index (χ3v) is 6.48. The highest BCUT2D eigenvalue weighted by Crippen LogP contribution is 2.21. The van der Waals surface area contributed by atoms with Crippen molar-refractivity contribution in [1.82, 2.24) is 14.3 Å². The monoisotopic (exact) mass is 362 g/mol. The van der Waals surface area contributed by atoms with Crippen LogP contribution in [0.5, 0.6) is 0 Å². The second-order valence-electron chi connectivity index (χ2n) is 6.26. The van der Waals surface area contributed by atoms with Crippen molar-refractivity contribution >= 4 is 16.0 Å². The smallest absolute Gasteiger partial charge is 0.255 e. The summed E-state index contributed by atoms with van der Waals surface area (Å²) < 4.78 is 26.8. The highest BCUT2D eigenvalue weighted by Gasteiger charge is 2.29. The van der Waals surface area contributed by atoms with Gasteiger partial charge in [-0.15, -0.1) is 0 Å². The van der Waals surface area contributed by atoms with Crippen molar-refractivity contribution in [1.29, 1.82) is 0 Å². The highest BCUT2D eigenvalue weighted by molar-refractivity contribution is 7.89. The lowest BCUT2D eigenvalue weighted by Crippen LogP contribution is -2.42. The molecule has 1 saturated heterocycles. The lowest BCUT2D eigenvalue weighted by molar-refractivity contribution is 0.329. The topological polar surface area (TPSA) is 95.2 Å². The van der Waals surface area contributed by atoms with Crippen LogP contribution in [0.1, 0.15) is 24.1 Å². The molecule has 0 aliphatic carbocycles. The summed E-state index contributed by atoms with van der Waals surface area (Å²) in [5.74, 6) is 0.442. The number of aromatic amines is 1. The molecule has 0 atom stereocenters. The van der Waals surface area contributed by atoms with Gasteiger partial charge in [0.2, 0.25) is 16.0 Å². The zero-order valence-electron chi connectivity index (χ0n) is 14.3. The Labute approximate surface area is 147 Å². The fraction of sp³-hybridized carbons (Fsp3) is 0.412. The molecule has 1 aromatic heterocycles. The molecule has 134 valence electrons. The Morgan fingerprint density at radius 2 is 1.80 bits per heavy atom. The average Bonchev–Trinajstić information content (AvgIpc) is 2.61. The summed E-state index contributed by atoms with van der Waals surface area (Å²) in [6.07, 6.45) is 1.31. The van der Waals surface area contributed by atoms with E-state index in [9.17, 15) is 13.2 Å². The van der Waals surface area contributed by atoms with E-state index in [0.29, 0.717) is 48.0 Å². The quantitative estimate of drug-likeness (QED) is 0.862. The van der Waals surface area contributed by atoms with E-state index in [0.717, 1.165) is 0 Å². The largest absolute Gasteiger partial charge is 0.353 e. The normalized spacial score (nSPS) is 16.7. The van der Waals surface area contributed by atoms with E-state index in [1.807, 2.05) is 0 Å². The van der Waals surface area contributed by atoms with Crippen molar-refractivity contribution in [2.45, 2.75) is 37.6 Å². The summed E-state index contributed by atoms with van der Waals surface area (Å²) >= 11 is 0. The summed E-state index contributed by atoms with van der Waals surface area (Å²) in [5.41, 5.74) is 1.14. The SMILES string of the molecule is Cc1nc(NC2CCN(S(=O)(=O)c3ccccc3)CC2)[nH]c(=O)c1C. The van der Waals surface area contributed by atoms with E-state index in [4.69, 9.17) is 0 Å². The molecular weight excluding hydrogens is 340 g/mol. The number of anilines is 1. The molecule has 25 heavy (non-hydrogen) atoms. The lowest BCUT2D eigenvalue weighted by Gasteiger charge is -2.31. The van der Waals surface area contributed by atoms with E-state index in [1.54, 1.807) is 44.2 Å². The maximum absolute atomic E-state index is 12.6. The van der Waals surface area contributed by atoms with Gasteiger partial charge in [-0.2, -0.15) is 4.31 Å². The Morgan fingerprint density at radius 3 is 2.40 bits per heavy atom. The van der Waals surface area contributed by atoms with Gasteiger partial charge in [-0.3, -0.25) is 9.78 Å². The van der Waals surface area contributed by atoms with Gasteiger partial charge in [0.1, 0.15) is 0 Å². The first-order valence-electron chi connectivity index (χ1n) is 8.27. The Morgan fingerprint density at radius 1 is 1.16 bits per heavy atom. The van der Waals surface area contributed by atoms with E-state index < -0.39 is 10.0 Å². The van der Waals surface area contributed by atoms with Gasteiger partial charge in [-0.1, -0.05) is 18.2 Å². The average molecular weight is 362 g/mol. The maximum atomic E-state index is 12.6. The number of aryl methyl sites for hydroxylation is 1. The Bertz CT molecular complexity index is 901. The molecule has 0 amide bonds. The van der Waals surface area contributed by atoms with Crippen LogP contribution >= 0.6 is 0 Å². The van der Waals surface area contributed by atoms with Crippen LogP contribution in [0.4, 0.5) is 5.95 Å². The maximum Gasteiger partial charge on any atom is 0.255 e. The van der Waals surface area contributed by atoms with Crippen molar-refractivity contribution in [3.63, 3.8) is 0 Å². The number of benzene rings is 1. The molecule has 2 aromatic rings. The summed E-state index contributed by atoms with van der Waals surface area (Å²) in [5, 5.41) is 3.21. The van der Waals surface area contributed by atoms with Gasteiger partial charge >= 0.3 is 0 Å². The molecule has 3 rings (SSSR count). The minimum Gasteiger partial charge on any atom is -0.353 e. The van der Waals surface area contributed by atoms with Crippen molar-refractivity contribution < 1.29 is 8.42 Å².